The summed E-state index contributed by atoms with van der Waals surface area (Å²) in [5.74, 6) is 0.470. The van der Waals surface area contributed by atoms with E-state index in [1.807, 2.05) is 96.1 Å². The van der Waals surface area contributed by atoms with Crippen LogP contribution in [0.15, 0.2) is 54.6 Å². The van der Waals surface area contributed by atoms with Crippen molar-refractivity contribution in [1.29, 1.82) is 0 Å². The number of likely N-dealkylation sites (N-methyl/N-ethyl adjacent to an activating group) is 1. The lowest BCUT2D eigenvalue weighted by Gasteiger charge is -2.37. The average molecular weight is 611 g/mol. The second-order valence-electron chi connectivity index (χ2n) is 13.4. The number of benzene rings is 2. The van der Waals surface area contributed by atoms with Crippen LogP contribution in [0.3, 0.4) is 0 Å². The van der Waals surface area contributed by atoms with Crippen LogP contribution in [0, 0.1) is 0 Å². The van der Waals surface area contributed by atoms with Crippen molar-refractivity contribution >= 4 is 18.1 Å². The average Bonchev–Trinajstić information content (AvgIpc) is 2.95. The van der Waals surface area contributed by atoms with Gasteiger partial charge in [-0.1, -0.05) is 42.5 Å². The summed E-state index contributed by atoms with van der Waals surface area (Å²) in [6.45, 7) is 14.7. The molecule has 1 N–H and O–H groups in total. The standard InChI is InChI=1S/C34H50N4O6/c1-33(2,3)43-28-15-13-27(14-16-28)25-29(30(39)35(7)18-17-26-11-9-8-10-12-26)38(31(40)41)24-21-36-19-22-37(23-20-36)32(42)44-34(4,5)6/h8-16,29H,17-25H2,1-7H3,(H,40,41)/t29-/m0/s1. The Morgan fingerprint density at radius 2 is 1.45 bits per heavy atom. The van der Waals surface area contributed by atoms with Gasteiger partial charge in [0.1, 0.15) is 23.0 Å². The van der Waals surface area contributed by atoms with E-state index >= 15 is 0 Å². The molecule has 0 aromatic heterocycles. The predicted octanol–water partition coefficient (Wildman–Crippen LogP) is 5.01. The van der Waals surface area contributed by atoms with Crippen molar-refractivity contribution in [2.75, 3.05) is 52.9 Å². The lowest BCUT2D eigenvalue weighted by atomic mass is 10.0. The lowest BCUT2D eigenvalue weighted by Crippen LogP contribution is -2.55. The molecule has 1 atom stereocenters. The van der Waals surface area contributed by atoms with E-state index in [9.17, 15) is 19.5 Å². The summed E-state index contributed by atoms with van der Waals surface area (Å²) in [6.07, 6.45) is -0.570. The third kappa shape index (κ3) is 11.4. The van der Waals surface area contributed by atoms with E-state index in [-0.39, 0.29) is 30.6 Å². The van der Waals surface area contributed by atoms with E-state index in [0.29, 0.717) is 51.4 Å². The number of carbonyl (C=O) groups excluding carboxylic acids is 2. The first-order valence-electron chi connectivity index (χ1n) is 15.4. The number of amides is 3. The number of rotatable bonds is 11. The Balaban J connectivity index is 1.71. The van der Waals surface area contributed by atoms with Crippen molar-refractivity contribution in [3.8, 4) is 5.75 Å². The Hall–Kier alpha value is -3.79. The van der Waals surface area contributed by atoms with Gasteiger partial charge >= 0.3 is 12.2 Å². The first-order valence-corrected chi connectivity index (χ1v) is 15.4. The fourth-order valence-electron chi connectivity index (χ4n) is 5.02. The molecule has 1 heterocycles. The van der Waals surface area contributed by atoms with Gasteiger partial charge in [-0.05, 0) is 71.2 Å². The molecule has 2 aromatic rings. The van der Waals surface area contributed by atoms with Gasteiger partial charge in [0.15, 0.2) is 0 Å². The topological polar surface area (TPSA) is 103 Å². The van der Waals surface area contributed by atoms with E-state index in [4.69, 9.17) is 9.47 Å². The van der Waals surface area contributed by atoms with Crippen LogP contribution in [0.2, 0.25) is 0 Å². The molecule has 0 aliphatic carbocycles. The van der Waals surface area contributed by atoms with Crippen LogP contribution in [0.5, 0.6) is 5.75 Å². The number of ether oxygens (including phenoxy) is 2. The summed E-state index contributed by atoms with van der Waals surface area (Å²) in [4.78, 5) is 45.7. The van der Waals surface area contributed by atoms with Gasteiger partial charge < -0.3 is 24.4 Å². The van der Waals surface area contributed by atoms with Crippen molar-refractivity contribution < 1.29 is 29.0 Å². The quantitative estimate of drug-likeness (QED) is 0.382. The van der Waals surface area contributed by atoms with E-state index in [2.05, 4.69) is 4.90 Å². The van der Waals surface area contributed by atoms with Gasteiger partial charge in [-0.3, -0.25) is 14.6 Å². The zero-order valence-electron chi connectivity index (χ0n) is 27.4. The molecule has 2 aromatic carbocycles. The molecule has 0 saturated carbocycles. The maximum absolute atomic E-state index is 13.9. The monoisotopic (exact) mass is 610 g/mol. The molecule has 0 unspecified atom stereocenters. The highest BCUT2D eigenvalue weighted by molar-refractivity contribution is 5.85. The Kier molecular flexibility index (Phi) is 12.0. The number of hydrogen-bond acceptors (Lipinski definition) is 6. The predicted molar refractivity (Wildman–Crippen MR) is 171 cm³/mol. The number of nitrogens with zero attached hydrogens (tertiary/aromatic N) is 4. The molecule has 3 amide bonds. The van der Waals surface area contributed by atoms with Crippen LogP contribution in [0.1, 0.15) is 52.7 Å². The molecule has 1 fully saturated rings. The lowest BCUT2D eigenvalue weighted by molar-refractivity contribution is -0.135. The second kappa shape index (κ2) is 15.3. The van der Waals surface area contributed by atoms with Gasteiger partial charge in [0, 0.05) is 59.3 Å². The minimum absolute atomic E-state index is 0.163. The largest absolute Gasteiger partial charge is 0.488 e. The molecule has 3 rings (SSSR count). The first-order chi connectivity index (χ1) is 20.6. The maximum atomic E-state index is 13.9. The number of carbonyl (C=O) groups is 3. The first kappa shape index (κ1) is 34.7. The zero-order chi connectivity index (χ0) is 32.5. The highest BCUT2D eigenvalue weighted by Gasteiger charge is 2.33. The molecular weight excluding hydrogens is 560 g/mol. The van der Waals surface area contributed by atoms with Gasteiger partial charge in [0.25, 0.3) is 0 Å². The van der Waals surface area contributed by atoms with Crippen LogP contribution in [0.4, 0.5) is 9.59 Å². The summed E-state index contributed by atoms with van der Waals surface area (Å²) in [5, 5.41) is 10.3. The smallest absolute Gasteiger partial charge is 0.410 e. The van der Waals surface area contributed by atoms with Crippen molar-refractivity contribution in [3.63, 3.8) is 0 Å². The fraction of sp³-hybridized carbons (Fsp3) is 0.559. The molecule has 1 saturated heterocycles. The highest BCUT2D eigenvalue weighted by atomic mass is 16.6. The SMILES string of the molecule is CN(CCc1ccccc1)C(=O)[C@H](Cc1ccc(OC(C)(C)C)cc1)N(CCN1CCN(C(=O)OC(C)(C)C)CC1)C(=O)O. The Morgan fingerprint density at radius 3 is 2.00 bits per heavy atom. The van der Waals surface area contributed by atoms with E-state index in [1.165, 1.54) is 4.90 Å². The van der Waals surface area contributed by atoms with E-state index in [0.717, 1.165) is 11.1 Å². The molecule has 242 valence electrons. The van der Waals surface area contributed by atoms with Gasteiger partial charge in [-0.2, -0.15) is 0 Å². The van der Waals surface area contributed by atoms with E-state index < -0.39 is 17.7 Å². The van der Waals surface area contributed by atoms with Crippen LogP contribution in [-0.2, 0) is 22.4 Å². The minimum Gasteiger partial charge on any atom is -0.488 e. The molecule has 0 bridgehead atoms. The number of piperazine rings is 1. The summed E-state index contributed by atoms with van der Waals surface area (Å²) in [6, 6.07) is 16.5. The normalized spacial score (nSPS) is 14.9. The molecule has 0 spiro atoms. The third-order valence-corrected chi connectivity index (χ3v) is 7.32. The Bertz CT molecular complexity index is 1220. The molecular formula is C34H50N4O6. The van der Waals surface area contributed by atoms with Crippen LogP contribution >= 0.6 is 0 Å². The molecule has 10 heteroatoms. The molecule has 0 radical (unpaired) electrons. The molecule has 1 aliphatic rings. The van der Waals surface area contributed by atoms with Crippen molar-refractivity contribution in [2.45, 2.75) is 71.6 Å². The number of hydrogen-bond donors (Lipinski definition) is 1. The summed E-state index contributed by atoms with van der Waals surface area (Å²) < 4.78 is 11.4. The highest BCUT2D eigenvalue weighted by Crippen LogP contribution is 2.21. The number of carboxylic acid groups (broad SMARTS) is 1. The van der Waals surface area contributed by atoms with Gasteiger partial charge in [-0.15, -0.1) is 0 Å². The van der Waals surface area contributed by atoms with Crippen LogP contribution in [-0.4, -0.2) is 113 Å². The van der Waals surface area contributed by atoms with Crippen molar-refractivity contribution in [3.05, 3.63) is 65.7 Å². The third-order valence-electron chi connectivity index (χ3n) is 7.32. The van der Waals surface area contributed by atoms with Crippen LogP contribution in [0.25, 0.3) is 0 Å². The van der Waals surface area contributed by atoms with Gasteiger partial charge in [-0.25, -0.2) is 9.59 Å². The zero-order valence-corrected chi connectivity index (χ0v) is 27.4. The van der Waals surface area contributed by atoms with Crippen molar-refractivity contribution in [1.82, 2.24) is 19.6 Å². The second-order valence-corrected chi connectivity index (χ2v) is 13.4. The maximum Gasteiger partial charge on any atom is 0.410 e. The van der Waals surface area contributed by atoms with Gasteiger partial charge in [0.05, 0.1) is 0 Å². The van der Waals surface area contributed by atoms with E-state index in [1.54, 1.807) is 16.8 Å². The van der Waals surface area contributed by atoms with Gasteiger partial charge in [0.2, 0.25) is 5.91 Å². The molecule has 44 heavy (non-hydrogen) atoms. The summed E-state index contributed by atoms with van der Waals surface area (Å²) in [5.41, 5.74) is 1.04. The molecule has 1 aliphatic heterocycles. The molecule has 10 nitrogen and oxygen atoms in total. The summed E-state index contributed by atoms with van der Waals surface area (Å²) >= 11 is 0. The fourth-order valence-corrected chi connectivity index (χ4v) is 5.02. The Labute approximate surface area is 262 Å². The summed E-state index contributed by atoms with van der Waals surface area (Å²) in [7, 11) is 1.73. The Morgan fingerprint density at radius 1 is 0.841 bits per heavy atom. The minimum atomic E-state index is -1.14. The van der Waals surface area contributed by atoms with Crippen LogP contribution < -0.4 is 4.74 Å². The van der Waals surface area contributed by atoms with Crippen molar-refractivity contribution in [2.24, 2.45) is 0 Å².